The molecular weight excluding hydrogens is 489 g/mol. The molecule has 0 spiro atoms. The number of guanidine groups is 1. The van der Waals surface area contributed by atoms with Crippen LogP contribution in [-0.2, 0) is 9.84 Å². The first-order valence-electron chi connectivity index (χ1n) is 10.1. The van der Waals surface area contributed by atoms with Gasteiger partial charge in [-0.1, -0.05) is 13.8 Å². The highest BCUT2D eigenvalue weighted by Gasteiger charge is 2.31. The number of aliphatic imine (C=N–C) groups is 1. The molecule has 4 unspecified atom stereocenters. The standard InChI is InChI=1S/C19H33N5O2S.HI/c1-4-16(3)22-19(21-11-17-6-10-27(25,26)13-17)23-8-5-15(2)18(12-23)24-9-7-20-14-24;/h7,9,14-18H,4-6,8,10-13H2,1-3H3,(H,21,22);1H. The van der Waals surface area contributed by atoms with Crippen molar-refractivity contribution in [2.75, 3.05) is 31.1 Å². The third-order valence-electron chi connectivity index (χ3n) is 5.94. The van der Waals surface area contributed by atoms with E-state index in [4.69, 9.17) is 4.99 Å². The molecule has 2 saturated heterocycles. The van der Waals surface area contributed by atoms with Crippen LogP contribution in [0.5, 0.6) is 0 Å². The highest BCUT2D eigenvalue weighted by atomic mass is 127. The van der Waals surface area contributed by atoms with Gasteiger partial charge in [-0.3, -0.25) is 4.99 Å². The Morgan fingerprint density at radius 1 is 1.39 bits per heavy atom. The van der Waals surface area contributed by atoms with Gasteiger partial charge in [0.15, 0.2) is 15.8 Å². The average molecular weight is 523 g/mol. The van der Waals surface area contributed by atoms with Gasteiger partial charge >= 0.3 is 0 Å². The van der Waals surface area contributed by atoms with Gasteiger partial charge < -0.3 is 14.8 Å². The molecule has 9 heteroatoms. The maximum absolute atomic E-state index is 11.7. The first-order chi connectivity index (χ1) is 12.9. The average Bonchev–Trinajstić information content (AvgIpc) is 3.28. The van der Waals surface area contributed by atoms with Crippen molar-refractivity contribution in [1.29, 1.82) is 0 Å². The lowest BCUT2D eigenvalue weighted by Gasteiger charge is -2.40. The van der Waals surface area contributed by atoms with Gasteiger partial charge in [0, 0.05) is 38.1 Å². The Morgan fingerprint density at radius 2 is 2.18 bits per heavy atom. The van der Waals surface area contributed by atoms with Crippen molar-refractivity contribution < 1.29 is 8.42 Å². The number of imidazole rings is 1. The number of piperidine rings is 1. The molecule has 4 atom stereocenters. The summed E-state index contributed by atoms with van der Waals surface area (Å²) in [6.45, 7) is 9.06. The second-order valence-electron chi connectivity index (χ2n) is 8.18. The molecular formula is C19H34IN5O2S. The summed E-state index contributed by atoms with van der Waals surface area (Å²) in [6, 6.07) is 0.708. The Morgan fingerprint density at radius 3 is 2.79 bits per heavy atom. The third kappa shape index (κ3) is 6.08. The second kappa shape index (κ2) is 10.3. The molecule has 1 N–H and O–H groups in total. The van der Waals surface area contributed by atoms with Crippen molar-refractivity contribution in [2.24, 2.45) is 16.8 Å². The zero-order chi connectivity index (χ0) is 19.4. The summed E-state index contributed by atoms with van der Waals surface area (Å²) in [4.78, 5) is 11.4. The van der Waals surface area contributed by atoms with E-state index in [-0.39, 0.29) is 35.6 Å². The van der Waals surface area contributed by atoms with Gasteiger partial charge in [-0.05, 0) is 38.0 Å². The van der Waals surface area contributed by atoms with E-state index in [1.165, 1.54) is 0 Å². The maximum atomic E-state index is 11.7. The fourth-order valence-electron chi connectivity index (χ4n) is 3.89. The minimum atomic E-state index is -2.86. The van der Waals surface area contributed by atoms with Crippen molar-refractivity contribution in [3.05, 3.63) is 18.7 Å². The zero-order valence-corrected chi connectivity index (χ0v) is 20.3. The van der Waals surface area contributed by atoms with Crippen LogP contribution in [0.1, 0.15) is 46.1 Å². The van der Waals surface area contributed by atoms with Gasteiger partial charge in [0.2, 0.25) is 0 Å². The van der Waals surface area contributed by atoms with Crippen molar-refractivity contribution in [3.8, 4) is 0 Å². The normalized spacial score (nSPS) is 28.6. The van der Waals surface area contributed by atoms with Crippen LogP contribution in [0.2, 0.25) is 0 Å². The molecule has 0 aliphatic carbocycles. The number of nitrogens with zero attached hydrogens (tertiary/aromatic N) is 4. The monoisotopic (exact) mass is 523 g/mol. The number of hydrogen-bond donors (Lipinski definition) is 1. The molecule has 2 aliphatic rings. The summed E-state index contributed by atoms with van der Waals surface area (Å²) in [5.41, 5.74) is 0. The van der Waals surface area contributed by atoms with E-state index in [9.17, 15) is 8.42 Å². The lowest BCUT2D eigenvalue weighted by atomic mass is 9.93. The van der Waals surface area contributed by atoms with E-state index in [1.807, 2.05) is 18.7 Å². The largest absolute Gasteiger partial charge is 0.354 e. The maximum Gasteiger partial charge on any atom is 0.194 e. The minimum absolute atomic E-state index is 0. The van der Waals surface area contributed by atoms with Crippen LogP contribution in [0.4, 0.5) is 0 Å². The smallest absolute Gasteiger partial charge is 0.194 e. The third-order valence-corrected chi connectivity index (χ3v) is 7.78. The summed E-state index contributed by atoms with van der Waals surface area (Å²) in [5.74, 6) is 2.25. The van der Waals surface area contributed by atoms with Crippen molar-refractivity contribution >= 4 is 39.8 Å². The van der Waals surface area contributed by atoms with Gasteiger partial charge in [0.05, 0.1) is 23.9 Å². The molecule has 3 heterocycles. The molecule has 0 amide bonds. The second-order valence-corrected chi connectivity index (χ2v) is 10.4. The molecule has 0 saturated carbocycles. The summed E-state index contributed by atoms with van der Waals surface area (Å²) in [7, 11) is -2.86. The summed E-state index contributed by atoms with van der Waals surface area (Å²) in [5, 5.41) is 3.56. The number of hydrogen-bond acceptors (Lipinski definition) is 4. The predicted molar refractivity (Wildman–Crippen MR) is 124 cm³/mol. The molecule has 0 aromatic carbocycles. The fraction of sp³-hybridized carbons (Fsp3) is 0.789. The van der Waals surface area contributed by atoms with Crippen molar-refractivity contribution in [2.45, 2.75) is 52.1 Å². The van der Waals surface area contributed by atoms with Crippen LogP contribution in [0, 0.1) is 11.8 Å². The number of likely N-dealkylation sites (tertiary alicyclic amines) is 1. The van der Waals surface area contributed by atoms with E-state index in [2.05, 4.69) is 40.5 Å². The van der Waals surface area contributed by atoms with Crippen LogP contribution in [0.3, 0.4) is 0 Å². The molecule has 160 valence electrons. The molecule has 2 aliphatic heterocycles. The van der Waals surface area contributed by atoms with E-state index < -0.39 is 9.84 Å². The Labute approximate surface area is 186 Å². The SMILES string of the molecule is CCC(C)NC(=NCC1CCS(=O)(=O)C1)N1CCC(C)C(n2ccnc2)C1.I. The van der Waals surface area contributed by atoms with Gasteiger partial charge in [-0.2, -0.15) is 0 Å². The molecule has 2 fully saturated rings. The molecule has 0 bridgehead atoms. The predicted octanol–water partition coefficient (Wildman–Crippen LogP) is 2.56. The lowest BCUT2D eigenvalue weighted by molar-refractivity contribution is 0.187. The van der Waals surface area contributed by atoms with E-state index in [1.54, 1.807) is 0 Å². The number of aromatic nitrogens is 2. The van der Waals surface area contributed by atoms with Gasteiger partial charge in [0.25, 0.3) is 0 Å². The van der Waals surface area contributed by atoms with Crippen LogP contribution >= 0.6 is 24.0 Å². The fourth-order valence-corrected chi connectivity index (χ4v) is 5.74. The Hall–Kier alpha value is -0.840. The number of nitrogens with one attached hydrogen (secondary N) is 1. The van der Waals surface area contributed by atoms with E-state index in [0.717, 1.165) is 38.3 Å². The van der Waals surface area contributed by atoms with Crippen LogP contribution in [0.15, 0.2) is 23.7 Å². The van der Waals surface area contributed by atoms with Crippen LogP contribution in [-0.4, -0.2) is 66.0 Å². The Bertz CT molecular complexity index is 738. The topological polar surface area (TPSA) is 79.6 Å². The zero-order valence-electron chi connectivity index (χ0n) is 17.1. The Balaban J connectivity index is 0.00000280. The molecule has 7 nitrogen and oxygen atoms in total. The quantitative estimate of drug-likeness (QED) is 0.365. The number of rotatable bonds is 5. The number of halogens is 1. The van der Waals surface area contributed by atoms with Crippen molar-refractivity contribution in [1.82, 2.24) is 19.8 Å². The molecule has 1 aromatic rings. The van der Waals surface area contributed by atoms with E-state index >= 15 is 0 Å². The lowest BCUT2D eigenvalue weighted by Crippen LogP contribution is -2.51. The van der Waals surface area contributed by atoms with Gasteiger partial charge in [0.1, 0.15) is 0 Å². The first kappa shape index (κ1) is 23.4. The summed E-state index contributed by atoms with van der Waals surface area (Å²) in [6.07, 6.45) is 8.61. The van der Waals surface area contributed by atoms with Crippen LogP contribution < -0.4 is 5.32 Å². The molecule has 1 aromatic heterocycles. The highest BCUT2D eigenvalue weighted by Crippen LogP contribution is 2.27. The van der Waals surface area contributed by atoms with E-state index in [0.29, 0.717) is 30.3 Å². The molecule has 28 heavy (non-hydrogen) atoms. The van der Waals surface area contributed by atoms with Gasteiger partial charge in [-0.25, -0.2) is 13.4 Å². The summed E-state index contributed by atoms with van der Waals surface area (Å²) >= 11 is 0. The van der Waals surface area contributed by atoms with Crippen molar-refractivity contribution in [3.63, 3.8) is 0 Å². The minimum Gasteiger partial charge on any atom is -0.354 e. The Kier molecular flexibility index (Phi) is 8.60. The highest BCUT2D eigenvalue weighted by molar-refractivity contribution is 14.0. The molecule has 0 radical (unpaired) electrons. The number of sulfone groups is 1. The van der Waals surface area contributed by atoms with Gasteiger partial charge in [-0.15, -0.1) is 24.0 Å². The van der Waals surface area contributed by atoms with Crippen LogP contribution in [0.25, 0.3) is 0 Å². The summed E-state index contributed by atoms with van der Waals surface area (Å²) < 4.78 is 25.7. The molecule has 3 rings (SSSR count). The first-order valence-corrected chi connectivity index (χ1v) is 11.9.